The van der Waals surface area contributed by atoms with Gasteiger partial charge in [0.05, 0.1) is 0 Å². The van der Waals surface area contributed by atoms with Crippen LogP contribution in [0, 0.1) is 0 Å². The number of nitrogens with one attached hydrogen (secondary N) is 2. The first-order valence-electron chi connectivity index (χ1n) is 15.8. The average Bonchev–Trinajstić information content (AvgIpc) is 3.43. The smallest absolute Gasteiger partial charge is 0.279 e. The van der Waals surface area contributed by atoms with Gasteiger partial charge in [-0.15, -0.1) is 0 Å². The highest BCUT2D eigenvalue weighted by Crippen LogP contribution is 2.21. The zero-order valence-electron chi connectivity index (χ0n) is 24.5. The number of halogens is 2. The summed E-state index contributed by atoms with van der Waals surface area (Å²) in [5.74, 6) is -3.04. The first kappa shape index (κ1) is 33.6. The first-order chi connectivity index (χ1) is 20.0. The highest BCUT2D eigenvalue weighted by atomic mass is 19.1. The van der Waals surface area contributed by atoms with Gasteiger partial charge in [0.2, 0.25) is 0 Å². The topological polar surface area (TPSA) is 95.1 Å². The number of carbonyl (C=O) groups excluding carboxylic acids is 2. The number of amides is 2. The molecule has 2 unspecified atom stereocenters. The fraction of sp³-hybridized carbons (Fsp3) is 0.806. The molecule has 1 aliphatic carbocycles. The maximum absolute atomic E-state index is 14.3. The van der Waals surface area contributed by atoms with E-state index >= 15 is 0 Å². The van der Waals surface area contributed by atoms with E-state index < -0.39 is 23.5 Å². The van der Waals surface area contributed by atoms with Crippen molar-refractivity contribution >= 4 is 11.8 Å². The van der Waals surface area contributed by atoms with E-state index in [0.29, 0.717) is 45.3 Å². The van der Waals surface area contributed by atoms with Crippen LogP contribution in [0.4, 0.5) is 8.78 Å². The molecule has 0 spiro atoms. The molecule has 3 aliphatic rings. The van der Waals surface area contributed by atoms with E-state index in [1.54, 1.807) is 0 Å². The van der Waals surface area contributed by atoms with Gasteiger partial charge < -0.3 is 29.6 Å². The molecule has 2 amide bonds. The third-order valence-electron chi connectivity index (χ3n) is 7.76. The van der Waals surface area contributed by atoms with Crippen molar-refractivity contribution in [2.45, 2.75) is 134 Å². The van der Waals surface area contributed by atoms with Crippen molar-refractivity contribution < 1.29 is 37.3 Å². The monoisotopic (exact) mass is 584 g/mol. The molecule has 1 saturated carbocycles. The van der Waals surface area contributed by atoms with Crippen LogP contribution in [-0.2, 0) is 28.5 Å². The highest BCUT2D eigenvalue weighted by Gasteiger charge is 2.28. The van der Waals surface area contributed by atoms with E-state index in [-0.39, 0.29) is 24.7 Å². The minimum atomic E-state index is -0.785. The fourth-order valence-corrected chi connectivity index (χ4v) is 5.36. The zero-order chi connectivity index (χ0) is 29.1. The molecule has 0 radical (unpaired) electrons. The van der Waals surface area contributed by atoms with Gasteiger partial charge in [-0.25, -0.2) is 8.78 Å². The number of ether oxygens (including phenoxy) is 4. The summed E-state index contributed by atoms with van der Waals surface area (Å²) in [5, 5.41) is 5.39. The second-order valence-electron chi connectivity index (χ2n) is 11.3. The maximum atomic E-state index is 14.3. The van der Waals surface area contributed by atoms with Crippen LogP contribution in [0.2, 0.25) is 0 Å². The molecule has 4 atom stereocenters. The van der Waals surface area contributed by atoms with Crippen molar-refractivity contribution in [2.24, 2.45) is 0 Å². The Kier molecular flexibility index (Phi) is 16.5. The molecule has 0 aromatic heterocycles. The molecular weight excluding hydrogens is 534 g/mol. The average molecular weight is 585 g/mol. The van der Waals surface area contributed by atoms with Crippen molar-refractivity contribution in [1.29, 1.82) is 0 Å². The Morgan fingerprint density at radius 3 is 1.54 bits per heavy atom. The summed E-state index contributed by atoms with van der Waals surface area (Å²) in [5.41, 5.74) is 0. The summed E-state index contributed by atoms with van der Waals surface area (Å²) >= 11 is 0. The van der Waals surface area contributed by atoms with Crippen molar-refractivity contribution in [3.05, 3.63) is 23.8 Å². The third-order valence-corrected chi connectivity index (χ3v) is 7.76. The van der Waals surface area contributed by atoms with E-state index in [0.717, 1.165) is 90.3 Å². The van der Waals surface area contributed by atoms with E-state index in [2.05, 4.69) is 10.6 Å². The Morgan fingerprint density at radius 1 is 0.659 bits per heavy atom. The van der Waals surface area contributed by atoms with Crippen LogP contribution < -0.4 is 10.6 Å². The number of hydrogen-bond donors (Lipinski definition) is 2. The minimum Gasteiger partial charge on any atom is -0.353 e. The van der Waals surface area contributed by atoms with Crippen molar-refractivity contribution in [2.75, 3.05) is 26.4 Å². The molecule has 0 aromatic rings. The van der Waals surface area contributed by atoms with Gasteiger partial charge in [-0.2, -0.15) is 0 Å². The van der Waals surface area contributed by atoms with Crippen LogP contribution in [0.25, 0.3) is 0 Å². The predicted octanol–water partition coefficient (Wildman–Crippen LogP) is 6.05. The molecule has 2 aliphatic heterocycles. The summed E-state index contributed by atoms with van der Waals surface area (Å²) in [6, 6.07) is -0.501. The van der Waals surface area contributed by atoms with E-state index in [1.165, 1.54) is 12.2 Å². The molecule has 41 heavy (non-hydrogen) atoms. The normalized spacial score (nSPS) is 25.7. The van der Waals surface area contributed by atoms with Crippen LogP contribution >= 0.6 is 0 Å². The van der Waals surface area contributed by atoms with Gasteiger partial charge >= 0.3 is 0 Å². The van der Waals surface area contributed by atoms with Crippen LogP contribution in [0.15, 0.2) is 23.8 Å². The van der Waals surface area contributed by atoms with Gasteiger partial charge in [0.15, 0.2) is 24.2 Å². The molecular formula is C31H50F2N2O6. The predicted molar refractivity (Wildman–Crippen MR) is 152 cm³/mol. The van der Waals surface area contributed by atoms with Crippen molar-refractivity contribution in [1.82, 2.24) is 10.6 Å². The van der Waals surface area contributed by atoms with E-state index in [4.69, 9.17) is 18.9 Å². The van der Waals surface area contributed by atoms with Crippen LogP contribution in [0.5, 0.6) is 0 Å². The molecule has 2 N–H and O–H groups in total. The van der Waals surface area contributed by atoms with E-state index in [9.17, 15) is 18.4 Å². The number of rotatable bonds is 18. The summed E-state index contributed by atoms with van der Waals surface area (Å²) in [6.45, 7) is 2.78. The van der Waals surface area contributed by atoms with Gasteiger partial charge in [-0.3, -0.25) is 9.59 Å². The Hall–Kier alpha value is -1.88. The Morgan fingerprint density at radius 2 is 1.12 bits per heavy atom. The lowest BCUT2D eigenvalue weighted by atomic mass is 10.1. The second kappa shape index (κ2) is 20.1. The number of allylic oxidation sites excluding steroid dienone is 2. The van der Waals surface area contributed by atoms with Gasteiger partial charge in [0.1, 0.15) is 0 Å². The maximum Gasteiger partial charge on any atom is 0.279 e. The van der Waals surface area contributed by atoms with Crippen molar-refractivity contribution in [3.63, 3.8) is 0 Å². The zero-order valence-corrected chi connectivity index (χ0v) is 24.5. The van der Waals surface area contributed by atoms with Crippen LogP contribution in [0.1, 0.15) is 109 Å². The molecule has 234 valence electrons. The molecule has 10 heteroatoms. The largest absolute Gasteiger partial charge is 0.353 e. The van der Waals surface area contributed by atoms with Crippen LogP contribution in [-0.4, -0.2) is 62.9 Å². The number of hydrogen-bond acceptors (Lipinski definition) is 6. The minimum absolute atomic E-state index is 0.0863. The highest BCUT2D eigenvalue weighted by molar-refractivity contribution is 5.92. The third kappa shape index (κ3) is 14.2. The fourth-order valence-electron chi connectivity index (χ4n) is 5.36. The summed E-state index contributed by atoms with van der Waals surface area (Å²) in [4.78, 5) is 24.4. The lowest BCUT2D eigenvalue weighted by Gasteiger charge is -2.22. The molecule has 0 aromatic carbocycles. The molecule has 8 nitrogen and oxygen atoms in total. The Balaban J connectivity index is 1.19. The summed E-state index contributed by atoms with van der Waals surface area (Å²) in [7, 11) is 0. The number of unbranched alkanes of at least 4 members (excludes halogenated alkanes) is 6. The molecule has 3 fully saturated rings. The van der Waals surface area contributed by atoms with E-state index in [1.807, 2.05) is 0 Å². The van der Waals surface area contributed by atoms with Gasteiger partial charge in [-0.05, 0) is 108 Å². The summed E-state index contributed by atoms with van der Waals surface area (Å²) < 4.78 is 50.9. The Bertz CT molecular complexity index is 761. The molecule has 0 bridgehead atoms. The lowest BCUT2D eigenvalue weighted by Crippen LogP contribution is -2.37. The lowest BCUT2D eigenvalue weighted by molar-refractivity contribution is -0.163. The first-order valence-corrected chi connectivity index (χ1v) is 15.8. The van der Waals surface area contributed by atoms with Gasteiger partial charge in [0.25, 0.3) is 11.8 Å². The molecule has 2 saturated heterocycles. The Labute approximate surface area is 243 Å². The summed E-state index contributed by atoms with van der Waals surface area (Å²) in [6.07, 6.45) is 16.5. The van der Waals surface area contributed by atoms with Gasteiger partial charge in [0, 0.05) is 38.5 Å². The second-order valence-corrected chi connectivity index (χ2v) is 11.3. The van der Waals surface area contributed by atoms with Crippen LogP contribution in [0.3, 0.4) is 0 Å². The quantitative estimate of drug-likeness (QED) is 0.150. The molecule has 2 heterocycles. The number of carbonyl (C=O) groups is 2. The van der Waals surface area contributed by atoms with Gasteiger partial charge in [-0.1, -0.05) is 12.8 Å². The SMILES string of the molecule is O=C(N[C@@H]1CC[C@H](NC(=O)C(F)=CCCCCCOC2CCCCO2)C1)C(F)=CCCCCCOC1CCCCO1. The standard InChI is InChI=1S/C31H50F2N2O6/c32-26(13-5-1-3-9-19-38-28-15-7-11-21-40-28)30(36)34-24-17-18-25(23-24)35-31(37)27(33)14-6-2-4-10-20-39-29-16-8-12-22-41-29/h13-14,24-25,28-29H,1-12,15-23H2,(H,34,36)(H,35,37)/t24-,25+,28?,29?. The van der Waals surface area contributed by atoms with Crippen molar-refractivity contribution in [3.8, 4) is 0 Å². The molecule has 3 rings (SSSR count).